The van der Waals surface area contributed by atoms with E-state index in [9.17, 15) is 9.59 Å². The highest BCUT2D eigenvalue weighted by Crippen LogP contribution is 2.07. The highest BCUT2D eigenvalue weighted by molar-refractivity contribution is 6.29. The molecule has 0 bridgehead atoms. The predicted molar refractivity (Wildman–Crippen MR) is 107 cm³/mol. The fourth-order valence-corrected chi connectivity index (χ4v) is 2.02. The van der Waals surface area contributed by atoms with E-state index in [1.54, 1.807) is 0 Å². The summed E-state index contributed by atoms with van der Waals surface area (Å²) in [5.74, 6) is -1.90. The number of carbonyl (C=O) groups is 2. The monoisotopic (exact) mass is 362 g/mol. The van der Waals surface area contributed by atoms with Crippen LogP contribution in [0.4, 0.5) is 0 Å². The minimum atomic E-state index is -0.950. The number of rotatable bonds is 10. The summed E-state index contributed by atoms with van der Waals surface area (Å²) in [6, 6.07) is 0. The summed E-state index contributed by atoms with van der Waals surface area (Å²) in [5.41, 5.74) is 4.82. The molecule has 0 aromatic heterocycles. The molecule has 0 aliphatic rings. The molecule has 0 amide bonds. The Balaban J connectivity index is 4.07. The molecular formula is C22H34O4. The SMILES string of the molecule is CC(C)=CCC/C(C)=C\COC(=O)C(=O)OC/C=C(/C)CCC=C(C)C. The van der Waals surface area contributed by atoms with E-state index in [2.05, 4.69) is 39.8 Å². The molecular weight excluding hydrogens is 328 g/mol. The normalized spacial score (nSPS) is 11.6. The summed E-state index contributed by atoms with van der Waals surface area (Å²) in [6.07, 6.45) is 11.7. The van der Waals surface area contributed by atoms with Gasteiger partial charge in [-0.15, -0.1) is 0 Å². The second-order valence-corrected chi connectivity index (χ2v) is 6.94. The first-order valence-corrected chi connectivity index (χ1v) is 9.14. The van der Waals surface area contributed by atoms with Crippen LogP contribution in [-0.2, 0) is 19.1 Å². The Hall–Kier alpha value is -2.10. The van der Waals surface area contributed by atoms with Crippen molar-refractivity contribution in [1.29, 1.82) is 0 Å². The highest BCUT2D eigenvalue weighted by Gasteiger charge is 2.15. The molecule has 0 saturated carbocycles. The lowest BCUT2D eigenvalue weighted by Crippen LogP contribution is -2.20. The number of allylic oxidation sites excluding steroid dienone is 6. The van der Waals surface area contributed by atoms with Gasteiger partial charge in [-0.05, 0) is 79.4 Å². The summed E-state index contributed by atoms with van der Waals surface area (Å²) < 4.78 is 9.83. The summed E-state index contributed by atoms with van der Waals surface area (Å²) in [6.45, 7) is 12.4. The van der Waals surface area contributed by atoms with Crippen molar-refractivity contribution in [2.45, 2.75) is 67.2 Å². The van der Waals surface area contributed by atoms with Crippen LogP contribution in [0.3, 0.4) is 0 Å². The van der Waals surface area contributed by atoms with Crippen LogP contribution in [-0.4, -0.2) is 25.2 Å². The van der Waals surface area contributed by atoms with Gasteiger partial charge in [0.2, 0.25) is 0 Å². The summed E-state index contributed by atoms with van der Waals surface area (Å²) in [5, 5.41) is 0. The Labute approximate surface area is 158 Å². The molecule has 0 rings (SSSR count). The molecule has 146 valence electrons. The summed E-state index contributed by atoms with van der Waals surface area (Å²) in [4.78, 5) is 23.2. The van der Waals surface area contributed by atoms with E-state index in [1.807, 2.05) is 26.0 Å². The van der Waals surface area contributed by atoms with Gasteiger partial charge in [0.15, 0.2) is 0 Å². The number of carbonyl (C=O) groups excluding carboxylic acids is 2. The standard InChI is InChI=1S/C22H34O4/c1-17(2)9-7-11-19(5)13-15-25-21(23)22(24)26-16-14-20(6)12-8-10-18(3)4/h9-10,13-14H,7-8,11-12,15-16H2,1-6H3/b19-13-,20-14-. The summed E-state index contributed by atoms with van der Waals surface area (Å²) in [7, 11) is 0. The number of esters is 2. The molecule has 0 aromatic carbocycles. The first-order valence-electron chi connectivity index (χ1n) is 9.14. The van der Waals surface area contributed by atoms with Gasteiger partial charge in [-0.25, -0.2) is 9.59 Å². The molecule has 0 fully saturated rings. The van der Waals surface area contributed by atoms with Crippen LogP contribution < -0.4 is 0 Å². The maximum absolute atomic E-state index is 11.6. The fourth-order valence-electron chi connectivity index (χ4n) is 2.02. The van der Waals surface area contributed by atoms with Crippen molar-refractivity contribution in [3.63, 3.8) is 0 Å². The third-order valence-corrected chi connectivity index (χ3v) is 3.64. The average Bonchev–Trinajstić information content (AvgIpc) is 2.53. The van der Waals surface area contributed by atoms with Crippen LogP contribution in [0, 0.1) is 0 Å². The minimum absolute atomic E-state index is 0.0894. The van der Waals surface area contributed by atoms with E-state index in [-0.39, 0.29) is 13.2 Å². The van der Waals surface area contributed by atoms with Crippen molar-refractivity contribution in [3.05, 3.63) is 46.6 Å². The number of hydrogen-bond donors (Lipinski definition) is 0. The molecule has 0 heterocycles. The van der Waals surface area contributed by atoms with Gasteiger partial charge in [-0.2, -0.15) is 0 Å². The zero-order valence-corrected chi connectivity index (χ0v) is 17.2. The fraction of sp³-hybridized carbons (Fsp3) is 0.545. The quantitative estimate of drug-likeness (QED) is 0.294. The molecule has 4 nitrogen and oxygen atoms in total. The zero-order valence-electron chi connectivity index (χ0n) is 17.2. The molecule has 0 N–H and O–H groups in total. The van der Waals surface area contributed by atoms with Crippen molar-refractivity contribution in [2.75, 3.05) is 13.2 Å². The van der Waals surface area contributed by atoms with Gasteiger partial charge in [0.25, 0.3) is 0 Å². The smallest absolute Gasteiger partial charge is 0.417 e. The van der Waals surface area contributed by atoms with Crippen LogP contribution in [0.15, 0.2) is 46.6 Å². The van der Waals surface area contributed by atoms with E-state index in [0.717, 1.165) is 36.8 Å². The Kier molecular flexibility index (Phi) is 13.0. The molecule has 26 heavy (non-hydrogen) atoms. The van der Waals surface area contributed by atoms with Crippen molar-refractivity contribution in [1.82, 2.24) is 0 Å². The van der Waals surface area contributed by atoms with Crippen molar-refractivity contribution in [3.8, 4) is 0 Å². The average molecular weight is 363 g/mol. The lowest BCUT2D eigenvalue weighted by Gasteiger charge is -2.04. The topological polar surface area (TPSA) is 52.6 Å². The van der Waals surface area contributed by atoms with Crippen molar-refractivity contribution < 1.29 is 19.1 Å². The molecule has 0 aliphatic carbocycles. The summed E-state index contributed by atoms with van der Waals surface area (Å²) >= 11 is 0. The molecule has 0 aromatic rings. The minimum Gasteiger partial charge on any atom is -0.453 e. The van der Waals surface area contributed by atoms with E-state index in [4.69, 9.17) is 9.47 Å². The van der Waals surface area contributed by atoms with E-state index in [1.165, 1.54) is 11.1 Å². The first-order chi connectivity index (χ1) is 12.2. The maximum Gasteiger partial charge on any atom is 0.417 e. The third kappa shape index (κ3) is 14.3. The lowest BCUT2D eigenvalue weighted by molar-refractivity contribution is -0.166. The molecule has 0 atom stereocenters. The molecule has 0 aliphatic heterocycles. The van der Waals surface area contributed by atoms with Gasteiger partial charge in [-0.3, -0.25) is 0 Å². The molecule has 0 saturated heterocycles. The van der Waals surface area contributed by atoms with E-state index in [0.29, 0.717) is 0 Å². The van der Waals surface area contributed by atoms with Gasteiger partial charge in [-0.1, -0.05) is 34.4 Å². The second kappa shape index (κ2) is 14.1. The van der Waals surface area contributed by atoms with Gasteiger partial charge in [0.05, 0.1) is 0 Å². The molecule has 0 spiro atoms. The Morgan fingerprint density at radius 3 is 1.27 bits per heavy atom. The van der Waals surface area contributed by atoms with Gasteiger partial charge in [0.1, 0.15) is 13.2 Å². The Bertz CT molecular complexity index is 517. The predicted octanol–water partition coefficient (Wildman–Crippen LogP) is 5.46. The highest BCUT2D eigenvalue weighted by atomic mass is 16.6. The lowest BCUT2D eigenvalue weighted by atomic mass is 10.1. The second-order valence-electron chi connectivity index (χ2n) is 6.94. The Morgan fingerprint density at radius 2 is 0.962 bits per heavy atom. The zero-order chi connectivity index (χ0) is 19.9. The van der Waals surface area contributed by atoms with Crippen LogP contribution in [0.5, 0.6) is 0 Å². The van der Waals surface area contributed by atoms with Crippen molar-refractivity contribution in [2.24, 2.45) is 0 Å². The first kappa shape index (κ1) is 23.9. The molecule has 0 radical (unpaired) electrons. The third-order valence-electron chi connectivity index (χ3n) is 3.64. The molecule has 0 unspecified atom stereocenters. The van der Waals surface area contributed by atoms with Crippen LogP contribution in [0.1, 0.15) is 67.2 Å². The maximum atomic E-state index is 11.6. The number of hydrogen-bond acceptors (Lipinski definition) is 4. The van der Waals surface area contributed by atoms with Crippen LogP contribution in [0.2, 0.25) is 0 Å². The van der Waals surface area contributed by atoms with Gasteiger partial charge >= 0.3 is 11.9 Å². The van der Waals surface area contributed by atoms with Crippen LogP contribution in [0.25, 0.3) is 0 Å². The van der Waals surface area contributed by atoms with Crippen molar-refractivity contribution >= 4 is 11.9 Å². The van der Waals surface area contributed by atoms with E-state index < -0.39 is 11.9 Å². The van der Waals surface area contributed by atoms with Gasteiger partial charge in [0, 0.05) is 0 Å². The number of ether oxygens (including phenoxy) is 2. The Morgan fingerprint density at radius 1 is 0.615 bits per heavy atom. The van der Waals surface area contributed by atoms with E-state index >= 15 is 0 Å². The van der Waals surface area contributed by atoms with Gasteiger partial charge < -0.3 is 9.47 Å². The largest absolute Gasteiger partial charge is 0.453 e. The van der Waals surface area contributed by atoms with Crippen LogP contribution >= 0.6 is 0 Å². The molecule has 4 heteroatoms.